The van der Waals surface area contributed by atoms with Gasteiger partial charge in [-0.2, -0.15) is 0 Å². The van der Waals surface area contributed by atoms with E-state index in [9.17, 15) is 30.6 Å². The fraction of sp³-hybridized carbons (Fsp3) is 0.700. The molecule has 6 N–H and O–H groups in total. The van der Waals surface area contributed by atoms with Gasteiger partial charge in [0.2, 0.25) is 0 Å². The second-order valence-corrected chi connectivity index (χ2v) is 7.64. The minimum atomic E-state index is -1.53. The van der Waals surface area contributed by atoms with Crippen molar-refractivity contribution in [3.8, 4) is 0 Å². The Morgan fingerprint density at radius 3 is 2.00 bits per heavy atom. The maximum atomic E-state index is 10.2. The first-order valence-corrected chi connectivity index (χ1v) is 9.96. The van der Waals surface area contributed by atoms with Crippen LogP contribution in [-0.4, -0.2) is 105 Å². The van der Waals surface area contributed by atoms with Gasteiger partial charge in [0.15, 0.2) is 12.6 Å². The summed E-state index contributed by atoms with van der Waals surface area (Å²) in [6.07, 6.45) is -12.5. The first-order valence-electron chi connectivity index (χ1n) is 9.96. The molecule has 10 heteroatoms. The van der Waals surface area contributed by atoms with Gasteiger partial charge in [-0.25, -0.2) is 0 Å². The van der Waals surface area contributed by atoms with Gasteiger partial charge in [0.05, 0.1) is 19.3 Å². The van der Waals surface area contributed by atoms with Crippen LogP contribution in [0.2, 0.25) is 0 Å². The molecule has 0 aliphatic carbocycles. The van der Waals surface area contributed by atoms with E-state index >= 15 is 0 Å². The molecular weight excluding hydrogens is 400 g/mol. The second-order valence-electron chi connectivity index (χ2n) is 7.64. The highest BCUT2D eigenvalue weighted by atomic mass is 16.7. The van der Waals surface area contributed by atoms with Gasteiger partial charge in [-0.05, 0) is 18.9 Å². The Bertz CT molecular complexity index is 646. The lowest BCUT2D eigenvalue weighted by atomic mass is 9.98. The van der Waals surface area contributed by atoms with Gasteiger partial charge in [0.25, 0.3) is 0 Å². The van der Waals surface area contributed by atoms with Crippen molar-refractivity contribution in [2.45, 2.75) is 74.8 Å². The molecule has 2 aliphatic heterocycles. The number of hydrogen-bond acceptors (Lipinski definition) is 10. The standard InChI is InChI=1S/C20H30O10/c1-10-13(21)15(23)17(25)20(29-10)28-9-12-14(22)16(24)18(26)19(30-12)27-8-7-11-5-3-2-4-6-11/h2-6,10,12-26H,7-9H2,1H3. The molecule has 0 bridgehead atoms. The molecular formula is C20H30O10. The monoisotopic (exact) mass is 430 g/mol. The molecule has 0 spiro atoms. The van der Waals surface area contributed by atoms with E-state index in [1.807, 2.05) is 30.3 Å². The molecule has 0 saturated carbocycles. The molecule has 3 rings (SSSR count). The summed E-state index contributed by atoms with van der Waals surface area (Å²) in [6, 6.07) is 9.55. The van der Waals surface area contributed by atoms with Crippen molar-refractivity contribution in [1.82, 2.24) is 0 Å². The zero-order chi connectivity index (χ0) is 21.8. The second kappa shape index (κ2) is 10.4. The zero-order valence-corrected chi connectivity index (χ0v) is 16.6. The largest absolute Gasteiger partial charge is 0.388 e. The highest BCUT2D eigenvalue weighted by molar-refractivity contribution is 5.14. The van der Waals surface area contributed by atoms with Crippen LogP contribution in [0.1, 0.15) is 12.5 Å². The third-order valence-electron chi connectivity index (χ3n) is 5.42. The van der Waals surface area contributed by atoms with E-state index in [-0.39, 0.29) is 13.2 Å². The summed E-state index contributed by atoms with van der Waals surface area (Å²) in [5.41, 5.74) is 1.03. The van der Waals surface area contributed by atoms with Crippen LogP contribution in [0.4, 0.5) is 0 Å². The number of hydrogen-bond donors (Lipinski definition) is 6. The SMILES string of the molecule is CC1OC(OCC2OC(OCCc3ccccc3)C(O)C(O)C2O)C(O)C(O)C1O. The summed E-state index contributed by atoms with van der Waals surface area (Å²) in [4.78, 5) is 0. The fourth-order valence-electron chi connectivity index (χ4n) is 3.47. The summed E-state index contributed by atoms with van der Waals surface area (Å²) in [5, 5.41) is 60.1. The van der Waals surface area contributed by atoms with Crippen molar-refractivity contribution in [2.24, 2.45) is 0 Å². The normalized spacial score (nSPS) is 42.2. The van der Waals surface area contributed by atoms with E-state index in [0.29, 0.717) is 6.42 Å². The minimum Gasteiger partial charge on any atom is -0.388 e. The summed E-state index contributed by atoms with van der Waals surface area (Å²) in [5.74, 6) is 0. The number of benzene rings is 1. The van der Waals surface area contributed by atoms with Gasteiger partial charge in [0, 0.05) is 0 Å². The first-order chi connectivity index (χ1) is 14.3. The molecule has 10 unspecified atom stereocenters. The molecule has 30 heavy (non-hydrogen) atoms. The van der Waals surface area contributed by atoms with E-state index in [0.717, 1.165) is 5.56 Å². The van der Waals surface area contributed by atoms with Crippen LogP contribution >= 0.6 is 0 Å². The molecule has 170 valence electrons. The van der Waals surface area contributed by atoms with Gasteiger partial charge in [-0.1, -0.05) is 30.3 Å². The lowest BCUT2D eigenvalue weighted by Gasteiger charge is -2.42. The van der Waals surface area contributed by atoms with Gasteiger partial charge in [-0.15, -0.1) is 0 Å². The third kappa shape index (κ3) is 5.35. The Labute approximate surface area is 174 Å². The Hall–Kier alpha value is -1.18. The van der Waals surface area contributed by atoms with E-state index in [4.69, 9.17) is 18.9 Å². The minimum absolute atomic E-state index is 0.216. The Kier molecular flexibility index (Phi) is 8.16. The number of aliphatic hydroxyl groups excluding tert-OH is 6. The van der Waals surface area contributed by atoms with Gasteiger partial charge in [0.1, 0.15) is 42.7 Å². The Morgan fingerprint density at radius 2 is 1.33 bits per heavy atom. The van der Waals surface area contributed by atoms with Crippen LogP contribution in [0.25, 0.3) is 0 Å². The molecule has 2 aliphatic rings. The molecule has 0 radical (unpaired) electrons. The van der Waals surface area contributed by atoms with Crippen molar-refractivity contribution in [3.63, 3.8) is 0 Å². The van der Waals surface area contributed by atoms with Crippen molar-refractivity contribution in [3.05, 3.63) is 35.9 Å². The first kappa shape index (κ1) is 23.5. The maximum absolute atomic E-state index is 10.2. The van der Waals surface area contributed by atoms with Crippen molar-refractivity contribution in [2.75, 3.05) is 13.2 Å². The van der Waals surface area contributed by atoms with Crippen LogP contribution in [-0.2, 0) is 25.4 Å². The van der Waals surface area contributed by atoms with Crippen LogP contribution in [0.5, 0.6) is 0 Å². The number of ether oxygens (including phenoxy) is 4. The quantitative estimate of drug-likeness (QED) is 0.283. The lowest BCUT2D eigenvalue weighted by molar-refractivity contribution is -0.327. The molecule has 2 fully saturated rings. The van der Waals surface area contributed by atoms with Crippen LogP contribution < -0.4 is 0 Å². The smallest absolute Gasteiger partial charge is 0.186 e. The van der Waals surface area contributed by atoms with Crippen LogP contribution in [0.3, 0.4) is 0 Å². The predicted octanol–water partition coefficient (Wildman–Crippen LogP) is -2.10. The van der Waals surface area contributed by atoms with Crippen molar-refractivity contribution >= 4 is 0 Å². The average molecular weight is 430 g/mol. The summed E-state index contributed by atoms with van der Waals surface area (Å²) in [6.45, 7) is 1.41. The Balaban J connectivity index is 1.53. The van der Waals surface area contributed by atoms with E-state index in [1.54, 1.807) is 0 Å². The Morgan fingerprint density at radius 1 is 0.733 bits per heavy atom. The summed E-state index contributed by atoms with van der Waals surface area (Å²) in [7, 11) is 0. The molecule has 1 aromatic rings. The molecule has 10 nitrogen and oxygen atoms in total. The summed E-state index contributed by atoms with van der Waals surface area (Å²) < 4.78 is 21.9. The molecule has 2 saturated heterocycles. The summed E-state index contributed by atoms with van der Waals surface area (Å²) >= 11 is 0. The third-order valence-corrected chi connectivity index (χ3v) is 5.42. The fourth-order valence-corrected chi connectivity index (χ4v) is 3.47. The lowest BCUT2D eigenvalue weighted by Crippen LogP contribution is -2.61. The maximum Gasteiger partial charge on any atom is 0.186 e. The predicted molar refractivity (Wildman–Crippen MR) is 101 cm³/mol. The number of rotatable bonds is 7. The molecule has 10 atom stereocenters. The highest BCUT2D eigenvalue weighted by Gasteiger charge is 2.46. The van der Waals surface area contributed by atoms with Crippen LogP contribution in [0.15, 0.2) is 30.3 Å². The molecule has 1 aromatic carbocycles. The van der Waals surface area contributed by atoms with Gasteiger partial charge < -0.3 is 49.6 Å². The van der Waals surface area contributed by atoms with E-state index < -0.39 is 61.4 Å². The molecule has 0 aromatic heterocycles. The zero-order valence-electron chi connectivity index (χ0n) is 16.6. The number of aliphatic hydroxyl groups is 6. The topological polar surface area (TPSA) is 158 Å². The molecule has 2 heterocycles. The van der Waals surface area contributed by atoms with E-state index in [2.05, 4.69) is 0 Å². The average Bonchev–Trinajstić information content (AvgIpc) is 2.75. The van der Waals surface area contributed by atoms with Crippen molar-refractivity contribution < 1.29 is 49.6 Å². The van der Waals surface area contributed by atoms with Crippen molar-refractivity contribution in [1.29, 1.82) is 0 Å². The molecule has 0 amide bonds. The highest BCUT2D eigenvalue weighted by Crippen LogP contribution is 2.26. The van der Waals surface area contributed by atoms with Crippen LogP contribution in [0, 0.1) is 0 Å². The van der Waals surface area contributed by atoms with E-state index in [1.165, 1.54) is 6.92 Å². The van der Waals surface area contributed by atoms with Gasteiger partial charge in [-0.3, -0.25) is 0 Å². The van der Waals surface area contributed by atoms with Gasteiger partial charge >= 0.3 is 0 Å².